The second-order valence-electron chi connectivity index (χ2n) is 3.65. The fourth-order valence-corrected chi connectivity index (χ4v) is 2.24. The summed E-state index contributed by atoms with van der Waals surface area (Å²) in [6, 6.07) is 0. The molecule has 4 heteroatoms. The molecule has 1 N–H and O–H groups in total. The van der Waals surface area contributed by atoms with Crippen molar-refractivity contribution >= 4 is 28.4 Å². The van der Waals surface area contributed by atoms with E-state index in [0.717, 1.165) is 22.4 Å². The quantitative estimate of drug-likeness (QED) is 0.686. The van der Waals surface area contributed by atoms with Gasteiger partial charge in [0.25, 0.3) is 0 Å². The van der Waals surface area contributed by atoms with Gasteiger partial charge in [-0.15, -0.1) is 0 Å². The second-order valence-corrected chi connectivity index (χ2v) is 4.81. The first-order chi connectivity index (χ1) is 7.36. The predicted octanol–water partition coefficient (Wildman–Crippen LogP) is 2.99. The summed E-state index contributed by atoms with van der Waals surface area (Å²) in [5, 5.41) is 3.34. The van der Waals surface area contributed by atoms with E-state index in [1.165, 1.54) is 19.3 Å². The van der Waals surface area contributed by atoms with Crippen LogP contribution in [0.5, 0.6) is 0 Å². The summed E-state index contributed by atoms with van der Waals surface area (Å²) in [5.41, 5.74) is 1.59. The fourth-order valence-electron chi connectivity index (χ4n) is 1.75. The molecule has 0 atom stereocenters. The van der Waals surface area contributed by atoms with Gasteiger partial charge in [-0.1, -0.05) is 11.6 Å². The first-order valence-corrected chi connectivity index (χ1v) is 6.31. The van der Waals surface area contributed by atoms with Crippen molar-refractivity contribution in [2.45, 2.75) is 25.7 Å². The standard InChI is InChI=1S/C11H14IN3/c12-10-7-13-8-15-11(10)14-6-5-9-3-1-2-4-9/h3,7-8H,1-2,4-6H2,(H,13,14,15). The van der Waals surface area contributed by atoms with E-state index in [1.54, 1.807) is 11.9 Å². The minimum atomic E-state index is 0.948. The Bertz CT molecular complexity index is 363. The monoisotopic (exact) mass is 315 g/mol. The number of rotatable bonds is 4. The van der Waals surface area contributed by atoms with Crippen LogP contribution in [0.4, 0.5) is 5.82 Å². The summed E-state index contributed by atoms with van der Waals surface area (Å²) in [4.78, 5) is 8.15. The van der Waals surface area contributed by atoms with Gasteiger partial charge in [0.05, 0.1) is 3.57 Å². The molecule has 1 heterocycles. The molecule has 0 amide bonds. The molecule has 1 aliphatic rings. The van der Waals surface area contributed by atoms with Crippen molar-refractivity contribution < 1.29 is 0 Å². The van der Waals surface area contributed by atoms with Gasteiger partial charge in [-0.3, -0.25) is 0 Å². The molecule has 0 unspecified atom stereocenters. The van der Waals surface area contributed by atoms with Crippen LogP contribution in [0, 0.1) is 3.57 Å². The lowest BCUT2D eigenvalue weighted by atomic mass is 10.2. The van der Waals surface area contributed by atoms with Crippen LogP contribution in [-0.4, -0.2) is 16.5 Å². The molecular formula is C11H14IN3. The predicted molar refractivity (Wildman–Crippen MR) is 69.8 cm³/mol. The third-order valence-electron chi connectivity index (χ3n) is 2.54. The fraction of sp³-hybridized carbons (Fsp3) is 0.455. The maximum atomic E-state index is 4.19. The molecule has 0 radical (unpaired) electrons. The maximum absolute atomic E-state index is 4.19. The molecule has 0 aliphatic heterocycles. The first kappa shape index (κ1) is 10.9. The zero-order chi connectivity index (χ0) is 10.5. The van der Waals surface area contributed by atoms with E-state index in [1.807, 2.05) is 6.20 Å². The van der Waals surface area contributed by atoms with E-state index in [2.05, 4.69) is 44.0 Å². The topological polar surface area (TPSA) is 37.8 Å². The molecule has 1 aliphatic carbocycles. The average molecular weight is 315 g/mol. The summed E-state index contributed by atoms with van der Waals surface area (Å²) >= 11 is 2.25. The Hall–Kier alpha value is -0.650. The molecule has 1 aromatic rings. The highest BCUT2D eigenvalue weighted by molar-refractivity contribution is 14.1. The molecule has 80 valence electrons. The van der Waals surface area contributed by atoms with Crippen molar-refractivity contribution in [3.8, 4) is 0 Å². The van der Waals surface area contributed by atoms with Crippen LogP contribution < -0.4 is 5.32 Å². The zero-order valence-electron chi connectivity index (χ0n) is 8.54. The Morgan fingerprint density at radius 1 is 1.47 bits per heavy atom. The second kappa shape index (κ2) is 5.44. The highest BCUT2D eigenvalue weighted by Gasteiger charge is 2.04. The molecular weight excluding hydrogens is 301 g/mol. The molecule has 1 aromatic heterocycles. The summed E-state index contributed by atoms with van der Waals surface area (Å²) in [5.74, 6) is 0.948. The van der Waals surface area contributed by atoms with E-state index in [9.17, 15) is 0 Å². The van der Waals surface area contributed by atoms with Gasteiger partial charge in [-0.2, -0.15) is 0 Å². The number of nitrogens with zero attached hydrogens (tertiary/aromatic N) is 2. The van der Waals surface area contributed by atoms with Crippen LogP contribution in [0.3, 0.4) is 0 Å². The molecule has 0 aromatic carbocycles. The van der Waals surface area contributed by atoms with Gasteiger partial charge < -0.3 is 5.32 Å². The number of hydrogen-bond donors (Lipinski definition) is 1. The highest BCUT2D eigenvalue weighted by Crippen LogP contribution is 2.20. The lowest BCUT2D eigenvalue weighted by Gasteiger charge is -2.06. The van der Waals surface area contributed by atoms with Gasteiger partial charge in [-0.25, -0.2) is 9.97 Å². The van der Waals surface area contributed by atoms with Crippen LogP contribution in [0.1, 0.15) is 25.7 Å². The molecule has 3 nitrogen and oxygen atoms in total. The van der Waals surface area contributed by atoms with Crippen molar-refractivity contribution in [1.29, 1.82) is 0 Å². The van der Waals surface area contributed by atoms with Gasteiger partial charge in [0, 0.05) is 12.7 Å². The Balaban J connectivity index is 1.80. The summed E-state index contributed by atoms with van der Waals surface area (Å²) in [6.07, 6.45) is 10.8. The Labute approximate surface area is 104 Å². The van der Waals surface area contributed by atoms with Crippen molar-refractivity contribution in [1.82, 2.24) is 9.97 Å². The maximum Gasteiger partial charge on any atom is 0.142 e. The number of nitrogens with one attached hydrogen (secondary N) is 1. The van der Waals surface area contributed by atoms with E-state index >= 15 is 0 Å². The lowest BCUT2D eigenvalue weighted by molar-refractivity contribution is 0.861. The SMILES string of the molecule is Ic1cncnc1NCCC1=CCCC1. The Kier molecular flexibility index (Phi) is 3.94. The van der Waals surface area contributed by atoms with Crippen LogP contribution in [0.15, 0.2) is 24.2 Å². The summed E-state index contributed by atoms with van der Waals surface area (Å²) in [7, 11) is 0. The zero-order valence-corrected chi connectivity index (χ0v) is 10.7. The van der Waals surface area contributed by atoms with E-state index < -0.39 is 0 Å². The summed E-state index contributed by atoms with van der Waals surface area (Å²) in [6.45, 7) is 0.971. The minimum Gasteiger partial charge on any atom is -0.369 e. The largest absolute Gasteiger partial charge is 0.369 e. The third kappa shape index (κ3) is 3.15. The number of aromatic nitrogens is 2. The van der Waals surface area contributed by atoms with E-state index in [4.69, 9.17) is 0 Å². The number of anilines is 1. The van der Waals surface area contributed by atoms with Crippen LogP contribution in [0.25, 0.3) is 0 Å². The first-order valence-electron chi connectivity index (χ1n) is 5.23. The lowest BCUT2D eigenvalue weighted by Crippen LogP contribution is -2.05. The van der Waals surface area contributed by atoms with E-state index in [0.29, 0.717) is 0 Å². The number of halogens is 1. The van der Waals surface area contributed by atoms with Gasteiger partial charge in [-0.05, 0) is 48.3 Å². The van der Waals surface area contributed by atoms with Gasteiger partial charge in [0.1, 0.15) is 12.1 Å². The highest BCUT2D eigenvalue weighted by atomic mass is 127. The molecule has 2 rings (SSSR count). The van der Waals surface area contributed by atoms with Crippen molar-refractivity contribution in [3.05, 3.63) is 27.7 Å². The molecule has 0 saturated carbocycles. The third-order valence-corrected chi connectivity index (χ3v) is 3.33. The molecule has 0 spiro atoms. The molecule has 0 saturated heterocycles. The summed E-state index contributed by atoms with van der Waals surface area (Å²) < 4.78 is 1.08. The smallest absolute Gasteiger partial charge is 0.142 e. The van der Waals surface area contributed by atoms with Crippen LogP contribution in [0.2, 0.25) is 0 Å². The van der Waals surface area contributed by atoms with Crippen LogP contribution >= 0.6 is 22.6 Å². The molecule has 0 fully saturated rings. The van der Waals surface area contributed by atoms with Crippen molar-refractivity contribution in [2.75, 3.05) is 11.9 Å². The minimum absolute atomic E-state index is 0.948. The van der Waals surface area contributed by atoms with Gasteiger partial charge in [0.15, 0.2) is 0 Å². The van der Waals surface area contributed by atoms with Crippen molar-refractivity contribution in [2.24, 2.45) is 0 Å². The molecule has 15 heavy (non-hydrogen) atoms. The van der Waals surface area contributed by atoms with Gasteiger partial charge in [0.2, 0.25) is 0 Å². The van der Waals surface area contributed by atoms with Crippen LogP contribution in [-0.2, 0) is 0 Å². The molecule has 0 bridgehead atoms. The van der Waals surface area contributed by atoms with E-state index in [-0.39, 0.29) is 0 Å². The Morgan fingerprint density at radius 2 is 2.40 bits per heavy atom. The number of allylic oxidation sites excluding steroid dienone is 1. The Morgan fingerprint density at radius 3 is 3.13 bits per heavy atom. The van der Waals surface area contributed by atoms with Gasteiger partial charge >= 0.3 is 0 Å². The van der Waals surface area contributed by atoms with Crippen molar-refractivity contribution in [3.63, 3.8) is 0 Å². The average Bonchev–Trinajstić information content (AvgIpc) is 2.74. The number of hydrogen-bond acceptors (Lipinski definition) is 3. The normalized spacial score (nSPS) is 15.1.